The van der Waals surface area contributed by atoms with E-state index in [9.17, 15) is 4.79 Å². The van der Waals surface area contributed by atoms with Crippen molar-refractivity contribution in [2.24, 2.45) is 0 Å². The first-order valence-electron chi connectivity index (χ1n) is 7.68. The molecule has 1 aliphatic rings. The Morgan fingerprint density at radius 2 is 2.25 bits per heavy atom. The molecule has 1 fully saturated rings. The lowest BCUT2D eigenvalue weighted by atomic mass is 10.1. The third kappa shape index (κ3) is 4.93. The van der Waals surface area contributed by atoms with E-state index in [1.807, 2.05) is 19.2 Å². The molecule has 2 N–H and O–H groups in total. The zero-order chi connectivity index (χ0) is 14.2. The molecule has 1 aliphatic carbocycles. The van der Waals surface area contributed by atoms with Crippen LogP contribution in [0.25, 0.3) is 0 Å². The molecule has 1 aromatic rings. The highest BCUT2D eigenvalue weighted by atomic mass is 16.2. The minimum atomic E-state index is -0.107. The van der Waals surface area contributed by atoms with Crippen LogP contribution in [0, 0.1) is 0 Å². The molecule has 0 spiro atoms. The van der Waals surface area contributed by atoms with E-state index in [2.05, 4.69) is 21.7 Å². The Labute approximate surface area is 121 Å². The van der Waals surface area contributed by atoms with Crippen LogP contribution in [-0.2, 0) is 11.2 Å². The second kappa shape index (κ2) is 8.00. The lowest BCUT2D eigenvalue weighted by Gasteiger charge is -2.17. The number of hydrogen-bond donors (Lipinski definition) is 2. The van der Waals surface area contributed by atoms with Gasteiger partial charge in [-0.25, -0.2) is 0 Å². The molecule has 0 aliphatic heterocycles. The summed E-state index contributed by atoms with van der Waals surface area (Å²) < 4.78 is 0. The Morgan fingerprint density at radius 1 is 1.45 bits per heavy atom. The fraction of sp³-hybridized carbons (Fsp3) is 0.625. The van der Waals surface area contributed by atoms with Crippen LogP contribution in [0.5, 0.6) is 0 Å². The number of nitrogens with one attached hydrogen (secondary N) is 2. The minimum absolute atomic E-state index is 0.107. The molecule has 20 heavy (non-hydrogen) atoms. The van der Waals surface area contributed by atoms with E-state index >= 15 is 0 Å². The van der Waals surface area contributed by atoms with Gasteiger partial charge in [0.1, 0.15) is 0 Å². The molecule has 4 heteroatoms. The number of aromatic nitrogens is 1. The van der Waals surface area contributed by atoms with Crippen molar-refractivity contribution in [1.29, 1.82) is 0 Å². The third-order valence-electron chi connectivity index (χ3n) is 3.91. The van der Waals surface area contributed by atoms with E-state index in [-0.39, 0.29) is 11.9 Å². The fourth-order valence-corrected chi connectivity index (χ4v) is 2.65. The predicted octanol–water partition coefficient (Wildman–Crippen LogP) is 2.05. The van der Waals surface area contributed by atoms with Gasteiger partial charge in [0, 0.05) is 18.4 Å². The first-order chi connectivity index (χ1) is 9.75. The van der Waals surface area contributed by atoms with Crippen molar-refractivity contribution < 1.29 is 4.79 Å². The molecule has 1 aromatic heterocycles. The molecule has 1 atom stereocenters. The van der Waals surface area contributed by atoms with Crippen molar-refractivity contribution in [3.05, 3.63) is 30.1 Å². The van der Waals surface area contributed by atoms with Gasteiger partial charge in [-0.2, -0.15) is 0 Å². The predicted molar refractivity (Wildman–Crippen MR) is 80.4 cm³/mol. The summed E-state index contributed by atoms with van der Waals surface area (Å²) >= 11 is 0. The van der Waals surface area contributed by atoms with E-state index in [1.165, 1.54) is 18.4 Å². The number of nitrogens with zero attached hydrogens (tertiary/aromatic N) is 1. The lowest BCUT2D eigenvalue weighted by molar-refractivity contribution is -0.123. The molecule has 0 bridgehead atoms. The maximum absolute atomic E-state index is 12.0. The fourth-order valence-electron chi connectivity index (χ4n) is 2.65. The van der Waals surface area contributed by atoms with Gasteiger partial charge in [-0.15, -0.1) is 0 Å². The van der Waals surface area contributed by atoms with E-state index in [4.69, 9.17) is 0 Å². The van der Waals surface area contributed by atoms with Gasteiger partial charge in [0.2, 0.25) is 5.91 Å². The van der Waals surface area contributed by atoms with Crippen LogP contribution in [0.3, 0.4) is 0 Å². The highest BCUT2D eigenvalue weighted by Crippen LogP contribution is 2.17. The molecule has 2 rings (SSSR count). The van der Waals surface area contributed by atoms with Crippen LogP contribution in [0.1, 0.15) is 44.6 Å². The highest BCUT2D eigenvalue weighted by molar-refractivity contribution is 5.81. The van der Waals surface area contributed by atoms with Crippen molar-refractivity contribution in [3.63, 3.8) is 0 Å². The van der Waals surface area contributed by atoms with Crippen molar-refractivity contribution in [3.8, 4) is 0 Å². The zero-order valence-corrected chi connectivity index (χ0v) is 12.3. The second-order valence-electron chi connectivity index (χ2n) is 5.63. The molecule has 4 nitrogen and oxygen atoms in total. The number of rotatable bonds is 7. The number of carbonyl (C=O) groups is 1. The normalized spacial score (nSPS) is 17.1. The van der Waals surface area contributed by atoms with Gasteiger partial charge in [-0.1, -0.05) is 18.9 Å². The number of amides is 1. The van der Waals surface area contributed by atoms with Gasteiger partial charge in [0.05, 0.1) is 6.04 Å². The molecule has 0 unspecified atom stereocenters. The summed E-state index contributed by atoms with van der Waals surface area (Å²) in [6.07, 6.45) is 10.5. The molecular weight excluding hydrogens is 250 g/mol. The Morgan fingerprint density at radius 3 is 2.95 bits per heavy atom. The largest absolute Gasteiger partial charge is 0.352 e. The second-order valence-corrected chi connectivity index (χ2v) is 5.63. The average molecular weight is 275 g/mol. The van der Waals surface area contributed by atoms with Crippen LogP contribution < -0.4 is 10.6 Å². The third-order valence-corrected chi connectivity index (χ3v) is 3.91. The molecule has 0 aromatic carbocycles. The van der Waals surface area contributed by atoms with Gasteiger partial charge in [-0.05, 0) is 50.8 Å². The molecule has 0 saturated heterocycles. The number of carbonyl (C=O) groups excluding carboxylic acids is 1. The standard InChI is InChI=1S/C16H25N3O/c1-13(16(20)19-15-8-2-3-9-15)18-11-5-7-14-6-4-10-17-12-14/h4,6,10,12-13,15,18H,2-3,5,7-9,11H2,1H3,(H,19,20)/t13-/m1/s1. The Bertz CT molecular complexity index is 401. The first kappa shape index (κ1) is 15.0. The Kier molecular flexibility index (Phi) is 5.99. The van der Waals surface area contributed by atoms with Crippen LogP contribution in [-0.4, -0.2) is 29.5 Å². The quantitative estimate of drug-likeness (QED) is 0.749. The van der Waals surface area contributed by atoms with Crippen molar-refractivity contribution in [1.82, 2.24) is 15.6 Å². The van der Waals surface area contributed by atoms with E-state index < -0.39 is 0 Å². The summed E-state index contributed by atoms with van der Waals surface area (Å²) in [6.45, 7) is 2.79. The van der Waals surface area contributed by atoms with Crippen LogP contribution >= 0.6 is 0 Å². The maximum atomic E-state index is 12.0. The Balaban J connectivity index is 1.59. The van der Waals surface area contributed by atoms with Gasteiger partial charge < -0.3 is 10.6 Å². The minimum Gasteiger partial charge on any atom is -0.352 e. The van der Waals surface area contributed by atoms with E-state index in [0.717, 1.165) is 32.2 Å². The summed E-state index contributed by atoms with van der Waals surface area (Å²) in [5.74, 6) is 0.137. The van der Waals surface area contributed by atoms with Gasteiger partial charge in [0.25, 0.3) is 0 Å². The smallest absolute Gasteiger partial charge is 0.237 e. The summed E-state index contributed by atoms with van der Waals surface area (Å²) in [5, 5.41) is 6.42. The average Bonchev–Trinajstić information content (AvgIpc) is 2.97. The SMILES string of the molecule is C[C@@H](NCCCc1cccnc1)C(=O)NC1CCCC1. The van der Waals surface area contributed by atoms with E-state index in [1.54, 1.807) is 6.20 Å². The summed E-state index contributed by atoms with van der Waals surface area (Å²) in [7, 11) is 0. The monoisotopic (exact) mass is 275 g/mol. The van der Waals surface area contributed by atoms with Crippen LogP contribution in [0.15, 0.2) is 24.5 Å². The lowest BCUT2D eigenvalue weighted by Crippen LogP contribution is -2.45. The van der Waals surface area contributed by atoms with Crippen LogP contribution in [0.4, 0.5) is 0 Å². The van der Waals surface area contributed by atoms with Gasteiger partial charge in [-0.3, -0.25) is 9.78 Å². The highest BCUT2D eigenvalue weighted by Gasteiger charge is 2.19. The molecule has 110 valence electrons. The number of aryl methyl sites for hydroxylation is 1. The summed E-state index contributed by atoms with van der Waals surface area (Å²) in [4.78, 5) is 16.1. The topological polar surface area (TPSA) is 54.0 Å². The molecule has 0 radical (unpaired) electrons. The van der Waals surface area contributed by atoms with Gasteiger partial charge >= 0.3 is 0 Å². The number of pyridine rings is 1. The Hall–Kier alpha value is -1.42. The summed E-state index contributed by atoms with van der Waals surface area (Å²) in [6, 6.07) is 4.34. The van der Waals surface area contributed by atoms with Crippen molar-refractivity contribution in [2.45, 2.75) is 57.5 Å². The van der Waals surface area contributed by atoms with Crippen LogP contribution in [0.2, 0.25) is 0 Å². The first-order valence-corrected chi connectivity index (χ1v) is 7.68. The number of hydrogen-bond acceptors (Lipinski definition) is 3. The molecular formula is C16H25N3O. The van der Waals surface area contributed by atoms with Crippen molar-refractivity contribution in [2.75, 3.05) is 6.54 Å². The molecule has 1 saturated carbocycles. The van der Waals surface area contributed by atoms with Gasteiger partial charge in [0.15, 0.2) is 0 Å². The molecule has 1 heterocycles. The zero-order valence-electron chi connectivity index (χ0n) is 12.3. The summed E-state index contributed by atoms with van der Waals surface area (Å²) in [5.41, 5.74) is 1.25. The molecule has 1 amide bonds. The van der Waals surface area contributed by atoms with E-state index in [0.29, 0.717) is 6.04 Å². The maximum Gasteiger partial charge on any atom is 0.237 e. The van der Waals surface area contributed by atoms with Crippen molar-refractivity contribution >= 4 is 5.91 Å².